The van der Waals surface area contributed by atoms with Crippen molar-refractivity contribution in [2.75, 3.05) is 13.3 Å². The number of fused-ring (bicyclic) bond motifs is 2. The predicted octanol–water partition coefficient (Wildman–Crippen LogP) is 2.28. The van der Waals surface area contributed by atoms with E-state index in [0.717, 1.165) is 43.3 Å². The molecule has 3 heterocycles. The van der Waals surface area contributed by atoms with E-state index in [1.54, 1.807) is 0 Å². The van der Waals surface area contributed by atoms with Crippen LogP contribution >= 0.6 is 11.6 Å². The van der Waals surface area contributed by atoms with Crippen molar-refractivity contribution in [3.63, 3.8) is 0 Å². The van der Waals surface area contributed by atoms with Gasteiger partial charge in [-0.15, -0.1) is 0 Å². The first-order valence-corrected chi connectivity index (χ1v) is 6.98. The topological polar surface area (TPSA) is 39.5 Å². The van der Waals surface area contributed by atoms with Crippen molar-refractivity contribution in [2.45, 2.75) is 19.6 Å². The molecule has 0 unspecified atom stereocenters. The van der Waals surface area contributed by atoms with E-state index in [2.05, 4.69) is 14.5 Å². The average molecular weight is 292 g/mol. The van der Waals surface area contributed by atoms with Gasteiger partial charge in [-0.25, -0.2) is 4.98 Å². The van der Waals surface area contributed by atoms with Gasteiger partial charge in [-0.1, -0.05) is 11.6 Å². The van der Waals surface area contributed by atoms with E-state index in [1.807, 2.05) is 24.5 Å². The van der Waals surface area contributed by atoms with Gasteiger partial charge >= 0.3 is 0 Å². The third kappa shape index (κ3) is 2.03. The first-order valence-electron chi connectivity index (χ1n) is 6.60. The number of rotatable bonds is 2. The lowest BCUT2D eigenvalue weighted by atomic mass is 10.1. The molecule has 0 saturated heterocycles. The van der Waals surface area contributed by atoms with Crippen molar-refractivity contribution < 1.29 is 9.47 Å². The largest absolute Gasteiger partial charge is 0.454 e. The van der Waals surface area contributed by atoms with Crippen LogP contribution in [-0.2, 0) is 19.6 Å². The highest BCUT2D eigenvalue weighted by Gasteiger charge is 2.21. The molecule has 0 bridgehead atoms. The monoisotopic (exact) mass is 291 g/mol. The molecule has 5 nitrogen and oxygen atoms in total. The van der Waals surface area contributed by atoms with Crippen LogP contribution in [0.4, 0.5) is 0 Å². The Labute approximate surface area is 121 Å². The second-order valence-electron chi connectivity index (χ2n) is 5.06. The Morgan fingerprint density at radius 3 is 3.15 bits per heavy atom. The fraction of sp³-hybridized carbons (Fsp3) is 0.357. The highest BCUT2D eigenvalue weighted by atomic mass is 35.5. The second-order valence-corrected chi connectivity index (χ2v) is 5.47. The molecule has 2 aliphatic rings. The molecule has 6 heteroatoms. The molecule has 20 heavy (non-hydrogen) atoms. The van der Waals surface area contributed by atoms with Crippen molar-refractivity contribution in [3.8, 4) is 11.5 Å². The van der Waals surface area contributed by atoms with Crippen molar-refractivity contribution >= 4 is 11.6 Å². The number of halogens is 1. The molecule has 1 aromatic carbocycles. The molecular formula is C14H14ClN3O2. The van der Waals surface area contributed by atoms with E-state index in [4.69, 9.17) is 21.1 Å². The average Bonchev–Trinajstić information content (AvgIpc) is 3.06. The summed E-state index contributed by atoms with van der Waals surface area (Å²) < 4.78 is 12.9. The molecule has 0 saturated carbocycles. The summed E-state index contributed by atoms with van der Waals surface area (Å²) in [5, 5.41) is 0.619. The van der Waals surface area contributed by atoms with Crippen molar-refractivity contribution in [2.24, 2.45) is 0 Å². The zero-order valence-electron chi connectivity index (χ0n) is 10.9. The molecule has 0 N–H and O–H groups in total. The Morgan fingerprint density at radius 1 is 1.25 bits per heavy atom. The number of hydrogen-bond acceptors (Lipinski definition) is 4. The lowest BCUT2D eigenvalue weighted by molar-refractivity contribution is 0.174. The molecule has 4 rings (SSSR count). The first kappa shape index (κ1) is 12.1. The van der Waals surface area contributed by atoms with Gasteiger partial charge in [-0.05, 0) is 17.7 Å². The number of nitrogens with zero attached hydrogens (tertiary/aromatic N) is 3. The van der Waals surface area contributed by atoms with Gasteiger partial charge in [-0.3, -0.25) is 4.90 Å². The molecule has 1 aromatic heterocycles. The maximum absolute atomic E-state index is 6.22. The Hall–Kier alpha value is -1.72. The van der Waals surface area contributed by atoms with Crippen LogP contribution in [0.2, 0.25) is 5.02 Å². The second kappa shape index (κ2) is 4.68. The fourth-order valence-corrected chi connectivity index (χ4v) is 3.02. The summed E-state index contributed by atoms with van der Waals surface area (Å²) in [7, 11) is 0. The summed E-state index contributed by atoms with van der Waals surface area (Å²) in [6.45, 7) is 3.94. The molecule has 0 radical (unpaired) electrons. The highest BCUT2D eigenvalue weighted by Crippen LogP contribution is 2.40. The van der Waals surface area contributed by atoms with Gasteiger partial charge in [0.15, 0.2) is 11.5 Å². The van der Waals surface area contributed by atoms with Crippen LogP contribution in [0, 0.1) is 0 Å². The normalized spacial score (nSPS) is 17.2. The minimum absolute atomic E-state index is 0.250. The van der Waals surface area contributed by atoms with Crippen LogP contribution in [-0.4, -0.2) is 27.8 Å². The first-order chi connectivity index (χ1) is 9.79. The van der Waals surface area contributed by atoms with Gasteiger partial charge in [0.1, 0.15) is 5.82 Å². The molecule has 2 aromatic rings. The van der Waals surface area contributed by atoms with Crippen LogP contribution in [0.25, 0.3) is 0 Å². The maximum atomic E-state index is 6.22. The number of benzene rings is 1. The Morgan fingerprint density at radius 2 is 2.20 bits per heavy atom. The van der Waals surface area contributed by atoms with E-state index in [-0.39, 0.29) is 6.79 Å². The van der Waals surface area contributed by atoms with Gasteiger partial charge in [0, 0.05) is 32.0 Å². The molecular weight excluding hydrogens is 278 g/mol. The van der Waals surface area contributed by atoms with Gasteiger partial charge in [0.25, 0.3) is 0 Å². The summed E-state index contributed by atoms with van der Waals surface area (Å²) in [5.74, 6) is 2.51. The van der Waals surface area contributed by atoms with Crippen LogP contribution in [0.15, 0.2) is 24.5 Å². The molecule has 0 fully saturated rings. The fourth-order valence-electron chi connectivity index (χ4n) is 2.73. The van der Waals surface area contributed by atoms with Crippen LogP contribution < -0.4 is 9.47 Å². The standard InChI is InChI=1S/C14H14ClN3O2/c15-11-5-10(6-12-14(11)20-9-19-12)7-17-3-4-18-2-1-16-13(18)8-17/h1-2,5-6H,3-4,7-9H2. The van der Waals surface area contributed by atoms with Gasteiger partial charge < -0.3 is 14.0 Å². The highest BCUT2D eigenvalue weighted by molar-refractivity contribution is 6.32. The van der Waals surface area contributed by atoms with Gasteiger partial charge in [-0.2, -0.15) is 0 Å². The maximum Gasteiger partial charge on any atom is 0.231 e. The van der Waals surface area contributed by atoms with Crippen LogP contribution in [0.5, 0.6) is 11.5 Å². The van der Waals surface area contributed by atoms with Crippen molar-refractivity contribution in [3.05, 3.63) is 40.9 Å². The molecule has 0 atom stereocenters. The quantitative estimate of drug-likeness (QED) is 0.851. The number of ether oxygens (including phenoxy) is 2. The van der Waals surface area contributed by atoms with Crippen molar-refractivity contribution in [1.29, 1.82) is 0 Å². The minimum Gasteiger partial charge on any atom is -0.454 e. The zero-order valence-corrected chi connectivity index (χ0v) is 11.6. The SMILES string of the molecule is Clc1cc(CN2CCn3ccnc3C2)cc2c1OCO2. The lowest BCUT2D eigenvalue weighted by Gasteiger charge is -2.27. The summed E-state index contributed by atoms with van der Waals surface area (Å²) >= 11 is 6.22. The summed E-state index contributed by atoms with van der Waals surface area (Å²) in [6, 6.07) is 3.96. The van der Waals surface area contributed by atoms with E-state index in [9.17, 15) is 0 Å². The third-order valence-corrected chi connectivity index (χ3v) is 4.00. The van der Waals surface area contributed by atoms with E-state index >= 15 is 0 Å². The smallest absolute Gasteiger partial charge is 0.231 e. The molecule has 0 aliphatic carbocycles. The zero-order chi connectivity index (χ0) is 13.5. The van der Waals surface area contributed by atoms with Crippen LogP contribution in [0.1, 0.15) is 11.4 Å². The van der Waals surface area contributed by atoms with E-state index in [1.165, 1.54) is 0 Å². The lowest BCUT2D eigenvalue weighted by Crippen LogP contribution is -2.33. The van der Waals surface area contributed by atoms with E-state index in [0.29, 0.717) is 10.8 Å². The Bertz CT molecular complexity index is 656. The third-order valence-electron chi connectivity index (χ3n) is 3.72. The number of imidazole rings is 1. The van der Waals surface area contributed by atoms with Gasteiger partial charge in [0.2, 0.25) is 6.79 Å². The molecule has 0 spiro atoms. The summed E-state index contributed by atoms with van der Waals surface area (Å²) in [4.78, 5) is 6.73. The Balaban J connectivity index is 1.54. The molecule has 104 valence electrons. The molecule has 2 aliphatic heterocycles. The minimum atomic E-state index is 0.250. The predicted molar refractivity (Wildman–Crippen MR) is 73.9 cm³/mol. The number of hydrogen-bond donors (Lipinski definition) is 0. The van der Waals surface area contributed by atoms with Crippen molar-refractivity contribution in [1.82, 2.24) is 14.5 Å². The van der Waals surface area contributed by atoms with Gasteiger partial charge in [0.05, 0.1) is 11.6 Å². The van der Waals surface area contributed by atoms with Crippen LogP contribution in [0.3, 0.4) is 0 Å². The molecule has 0 amide bonds. The Kier molecular flexibility index (Phi) is 2.82. The van der Waals surface area contributed by atoms with E-state index < -0.39 is 0 Å². The number of aromatic nitrogens is 2. The summed E-state index contributed by atoms with van der Waals surface area (Å²) in [6.07, 6.45) is 3.89. The summed E-state index contributed by atoms with van der Waals surface area (Å²) in [5.41, 5.74) is 1.14.